The molecule has 0 aromatic heterocycles. The van der Waals surface area contributed by atoms with Crippen molar-refractivity contribution in [3.8, 4) is 0 Å². The summed E-state index contributed by atoms with van der Waals surface area (Å²) in [6.45, 7) is 0.144. The zero-order valence-corrected chi connectivity index (χ0v) is 15.2. The van der Waals surface area contributed by atoms with E-state index in [0.717, 1.165) is 24.8 Å². The number of fused-ring (bicyclic) bond motifs is 2. The molecule has 2 saturated heterocycles. The van der Waals surface area contributed by atoms with Crippen molar-refractivity contribution in [3.63, 3.8) is 0 Å². The highest BCUT2D eigenvalue weighted by molar-refractivity contribution is 5.74. The topological polar surface area (TPSA) is 64.6 Å². The van der Waals surface area contributed by atoms with E-state index >= 15 is 0 Å². The standard InChI is InChI=1S/C20H31N3O2/c1-23-17-9-5-10-18(23)14-16(13-17)21-20(25)22-19(11-6-12-24)15-7-3-2-4-8-15/h2-4,7-8,16-19,24H,5-6,9-14H2,1H3,(H2,21,22,25)/t17-,18-,19+/m0/s1. The Hall–Kier alpha value is -1.59. The molecule has 1 aromatic carbocycles. The molecule has 2 fully saturated rings. The fourth-order valence-corrected chi connectivity index (χ4v) is 4.42. The van der Waals surface area contributed by atoms with Gasteiger partial charge in [0.15, 0.2) is 0 Å². The normalized spacial score (nSPS) is 27.5. The molecule has 2 bridgehead atoms. The first-order chi connectivity index (χ1) is 12.2. The van der Waals surface area contributed by atoms with E-state index in [1.54, 1.807) is 0 Å². The number of aliphatic hydroxyl groups excluding tert-OH is 1. The molecular weight excluding hydrogens is 314 g/mol. The van der Waals surface area contributed by atoms with Gasteiger partial charge < -0.3 is 20.6 Å². The minimum Gasteiger partial charge on any atom is -0.396 e. The van der Waals surface area contributed by atoms with Gasteiger partial charge in [-0.1, -0.05) is 36.8 Å². The molecule has 0 unspecified atom stereocenters. The van der Waals surface area contributed by atoms with E-state index in [0.29, 0.717) is 18.5 Å². The van der Waals surface area contributed by atoms with Crippen LogP contribution in [0.4, 0.5) is 4.79 Å². The van der Waals surface area contributed by atoms with Crippen LogP contribution in [0.15, 0.2) is 30.3 Å². The van der Waals surface area contributed by atoms with Gasteiger partial charge in [0.25, 0.3) is 0 Å². The first-order valence-corrected chi connectivity index (χ1v) is 9.62. The van der Waals surface area contributed by atoms with E-state index in [2.05, 4.69) is 22.6 Å². The number of piperidine rings is 2. The van der Waals surface area contributed by atoms with Gasteiger partial charge in [0.2, 0.25) is 0 Å². The fourth-order valence-electron chi connectivity index (χ4n) is 4.42. The molecule has 5 nitrogen and oxygen atoms in total. The molecule has 0 aliphatic carbocycles. The SMILES string of the molecule is CN1[C@H]2CCC[C@H]1CC(NC(=O)N[C@H](CCCO)c1ccccc1)C2. The van der Waals surface area contributed by atoms with Crippen molar-refractivity contribution in [1.82, 2.24) is 15.5 Å². The third-order valence-electron chi connectivity index (χ3n) is 5.83. The molecule has 2 heterocycles. The highest BCUT2D eigenvalue weighted by atomic mass is 16.3. The lowest BCUT2D eigenvalue weighted by Gasteiger charge is -2.47. The van der Waals surface area contributed by atoms with E-state index in [1.807, 2.05) is 30.3 Å². The summed E-state index contributed by atoms with van der Waals surface area (Å²) in [5.41, 5.74) is 1.09. The minimum absolute atomic E-state index is 0.0564. The van der Waals surface area contributed by atoms with Crippen molar-refractivity contribution in [2.75, 3.05) is 13.7 Å². The average Bonchev–Trinajstić information content (AvgIpc) is 2.60. The van der Waals surface area contributed by atoms with Gasteiger partial charge in [0, 0.05) is 24.7 Å². The lowest BCUT2D eigenvalue weighted by molar-refractivity contribution is 0.0508. The van der Waals surface area contributed by atoms with Crippen LogP contribution in [0.5, 0.6) is 0 Å². The van der Waals surface area contributed by atoms with Crippen LogP contribution < -0.4 is 10.6 Å². The highest BCUT2D eigenvalue weighted by Gasteiger charge is 2.36. The van der Waals surface area contributed by atoms with Gasteiger partial charge in [-0.15, -0.1) is 0 Å². The molecule has 25 heavy (non-hydrogen) atoms. The number of nitrogens with one attached hydrogen (secondary N) is 2. The van der Waals surface area contributed by atoms with Crippen LogP contribution in [0.2, 0.25) is 0 Å². The van der Waals surface area contributed by atoms with Crippen LogP contribution in [-0.4, -0.2) is 47.8 Å². The molecule has 2 amide bonds. The number of carbonyl (C=O) groups excluding carboxylic acids is 1. The Labute approximate surface area is 150 Å². The molecule has 1 aromatic rings. The van der Waals surface area contributed by atoms with Crippen molar-refractivity contribution in [2.24, 2.45) is 0 Å². The maximum absolute atomic E-state index is 12.6. The number of benzene rings is 1. The fraction of sp³-hybridized carbons (Fsp3) is 0.650. The lowest BCUT2D eigenvalue weighted by atomic mass is 9.82. The third-order valence-corrected chi connectivity index (χ3v) is 5.83. The van der Waals surface area contributed by atoms with Crippen LogP contribution in [0.1, 0.15) is 56.6 Å². The highest BCUT2D eigenvalue weighted by Crippen LogP contribution is 2.32. The summed E-state index contributed by atoms with van der Waals surface area (Å²) in [4.78, 5) is 15.1. The predicted octanol–water partition coefficient (Wildman–Crippen LogP) is 2.81. The molecule has 0 radical (unpaired) electrons. The molecule has 3 atom stereocenters. The summed E-state index contributed by atoms with van der Waals surface area (Å²) < 4.78 is 0. The van der Waals surface area contributed by atoms with Crippen molar-refractivity contribution in [3.05, 3.63) is 35.9 Å². The van der Waals surface area contributed by atoms with Crippen LogP contribution in [0, 0.1) is 0 Å². The molecule has 0 saturated carbocycles. The maximum Gasteiger partial charge on any atom is 0.315 e. The molecule has 5 heteroatoms. The zero-order valence-electron chi connectivity index (χ0n) is 15.2. The minimum atomic E-state index is -0.0839. The number of hydrogen-bond donors (Lipinski definition) is 3. The van der Waals surface area contributed by atoms with Crippen LogP contribution in [0.3, 0.4) is 0 Å². The summed E-state index contributed by atoms with van der Waals surface area (Å²) in [6.07, 6.45) is 7.33. The number of urea groups is 1. The number of aliphatic hydroxyl groups is 1. The Morgan fingerprint density at radius 3 is 2.56 bits per heavy atom. The van der Waals surface area contributed by atoms with Crippen molar-refractivity contribution in [2.45, 2.75) is 69.1 Å². The summed E-state index contributed by atoms with van der Waals surface area (Å²) in [7, 11) is 2.23. The predicted molar refractivity (Wildman–Crippen MR) is 99.4 cm³/mol. The molecule has 2 aliphatic rings. The number of amides is 2. The second kappa shape index (κ2) is 8.68. The van der Waals surface area contributed by atoms with Gasteiger partial charge in [-0.2, -0.15) is 0 Å². The van der Waals surface area contributed by atoms with Crippen molar-refractivity contribution in [1.29, 1.82) is 0 Å². The summed E-state index contributed by atoms with van der Waals surface area (Å²) in [5.74, 6) is 0. The quantitative estimate of drug-likeness (QED) is 0.743. The zero-order chi connectivity index (χ0) is 17.6. The van der Waals surface area contributed by atoms with Gasteiger partial charge in [-0.3, -0.25) is 0 Å². The maximum atomic E-state index is 12.6. The van der Waals surface area contributed by atoms with E-state index in [-0.39, 0.29) is 24.7 Å². The molecule has 0 spiro atoms. The van der Waals surface area contributed by atoms with Gasteiger partial charge in [0.1, 0.15) is 0 Å². The second-order valence-electron chi connectivity index (χ2n) is 7.52. The number of hydrogen-bond acceptors (Lipinski definition) is 3. The van der Waals surface area contributed by atoms with E-state index in [1.165, 1.54) is 19.3 Å². The Bertz CT molecular complexity index is 537. The van der Waals surface area contributed by atoms with Crippen molar-refractivity contribution < 1.29 is 9.90 Å². The Kier molecular flexibility index (Phi) is 6.32. The van der Waals surface area contributed by atoms with E-state index in [9.17, 15) is 4.79 Å². The lowest BCUT2D eigenvalue weighted by Crippen LogP contribution is -2.56. The summed E-state index contributed by atoms with van der Waals surface area (Å²) in [6, 6.07) is 11.3. The van der Waals surface area contributed by atoms with Gasteiger partial charge in [-0.25, -0.2) is 4.79 Å². The molecule has 2 aliphatic heterocycles. The number of carbonyl (C=O) groups is 1. The van der Waals surface area contributed by atoms with Gasteiger partial charge in [0.05, 0.1) is 6.04 Å². The summed E-state index contributed by atoms with van der Waals surface area (Å²) in [5, 5.41) is 15.5. The Morgan fingerprint density at radius 2 is 1.92 bits per heavy atom. The second-order valence-corrected chi connectivity index (χ2v) is 7.52. The number of nitrogens with zero attached hydrogens (tertiary/aromatic N) is 1. The average molecular weight is 345 g/mol. The van der Waals surface area contributed by atoms with Crippen molar-refractivity contribution >= 4 is 6.03 Å². The first-order valence-electron chi connectivity index (χ1n) is 9.62. The van der Waals surface area contributed by atoms with Gasteiger partial charge in [-0.05, 0) is 51.1 Å². The monoisotopic (exact) mass is 345 g/mol. The van der Waals surface area contributed by atoms with E-state index < -0.39 is 0 Å². The van der Waals surface area contributed by atoms with E-state index in [4.69, 9.17) is 5.11 Å². The smallest absolute Gasteiger partial charge is 0.315 e. The van der Waals surface area contributed by atoms with Crippen LogP contribution in [-0.2, 0) is 0 Å². The largest absolute Gasteiger partial charge is 0.396 e. The molecule has 138 valence electrons. The Morgan fingerprint density at radius 1 is 1.24 bits per heavy atom. The first kappa shape index (κ1) is 18.2. The Balaban J connectivity index is 1.56. The molecule has 3 N–H and O–H groups in total. The van der Waals surface area contributed by atoms with Crippen LogP contribution >= 0.6 is 0 Å². The third kappa shape index (κ3) is 4.73. The molecular formula is C20H31N3O2. The molecule has 3 rings (SSSR count). The number of rotatable bonds is 6. The summed E-state index contributed by atoms with van der Waals surface area (Å²) >= 11 is 0. The van der Waals surface area contributed by atoms with Crippen LogP contribution in [0.25, 0.3) is 0 Å². The van der Waals surface area contributed by atoms with Gasteiger partial charge >= 0.3 is 6.03 Å².